The van der Waals surface area contributed by atoms with Crippen LogP contribution in [0.1, 0.15) is 5.56 Å². The van der Waals surface area contributed by atoms with E-state index in [9.17, 15) is 0 Å². The average molecular weight is 177 g/mol. The summed E-state index contributed by atoms with van der Waals surface area (Å²) in [5.74, 6) is 0.819. The summed E-state index contributed by atoms with van der Waals surface area (Å²) >= 11 is 0. The number of nitrogens with two attached hydrogens (primary N) is 1. The Labute approximate surface area is 78.9 Å². The molecule has 0 spiro atoms. The van der Waals surface area contributed by atoms with Gasteiger partial charge in [0.1, 0.15) is 0 Å². The summed E-state index contributed by atoms with van der Waals surface area (Å²) in [4.78, 5) is 6.18. The molecule has 0 atom stereocenters. The fourth-order valence-electron chi connectivity index (χ4n) is 1.14. The largest absolute Gasteiger partial charge is 0.396 e. The van der Waals surface area contributed by atoms with Crippen LogP contribution in [0.5, 0.6) is 0 Å². The van der Waals surface area contributed by atoms with E-state index in [1.807, 2.05) is 31.0 Å². The molecule has 1 heterocycles. The maximum Gasteiger partial charge on any atom is 0.152 e. The number of anilines is 2. The third-order valence-corrected chi connectivity index (χ3v) is 1.95. The van der Waals surface area contributed by atoms with Crippen LogP contribution in [0.25, 0.3) is 0 Å². The molecule has 0 saturated carbocycles. The van der Waals surface area contributed by atoms with E-state index in [-0.39, 0.29) is 0 Å². The maximum atomic E-state index is 5.88. The second kappa shape index (κ2) is 3.94. The normalized spacial score (nSPS) is 9.69. The number of hydrogen-bond donors (Lipinski definition) is 1. The Morgan fingerprint density at radius 2 is 2.38 bits per heavy atom. The van der Waals surface area contributed by atoms with Crippen LogP contribution in [-0.2, 0) is 0 Å². The van der Waals surface area contributed by atoms with Crippen molar-refractivity contribution in [3.8, 4) is 0 Å². The van der Waals surface area contributed by atoms with Gasteiger partial charge in [0.25, 0.3) is 0 Å². The topological polar surface area (TPSA) is 42.2 Å². The Balaban J connectivity index is 3.00. The zero-order chi connectivity index (χ0) is 9.84. The van der Waals surface area contributed by atoms with Crippen molar-refractivity contribution in [2.75, 3.05) is 24.2 Å². The highest BCUT2D eigenvalue weighted by molar-refractivity contribution is 5.66. The molecule has 0 amide bonds. The lowest BCUT2D eigenvalue weighted by molar-refractivity contribution is 0.991. The minimum atomic E-state index is 0.742. The molecular formula is C10H15N3. The van der Waals surface area contributed by atoms with Crippen LogP contribution in [0.4, 0.5) is 11.5 Å². The van der Waals surface area contributed by atoms with Crippen molar-refractivity contribution in [2.45, 2.75) is 6.92 Å². The number of aryl methyl sites for hydroxylation is 1. The van der Waals surface area contributed by atoms with E-state index in [0.29, 0.717) is 0 Å². The highest BCUT2D eigenvalue weighted by Gasteiger charge is 2.06. The Bertz CT molecular complexity index is 307. The number of likely N-dealkylation sites (N-methyl/N-ethyl adjacent to an activating group) is 1. The standard InChI is InChI=1S/C10H15N3/c1-4-7-13(3)10-9(11)8(2)5-6-12-10/h4-6H,1,7,11H2,2-3H3. The molecule has 70 valence electrons. The number of pyridine rings is 1. The number of hydrogen-bond acceptors (Lipinski definition) is 3. The summed E-state index contributed by atoms with van der Waals surface area (Å²) in [6, 6.07) is 1.90. The number of nitrogen functional groups attached to an aromatic ring is 1. The monoisotopic (exact) mass is 177 g/mol. The van der Waals surface area contributed by atoms with E-state index in [1.165, 1.54) is 0 Å². The Kier molecular flexibility index (Phi) is 2.90. The van der Waals surface area contributed by atoms with E-state index in [1.54, 1.807) is 6.20 Å². The summed E-state index contributed by atoms with van der Waals surface area (Å²) < 4.78 is 0. The molecule has 3 nitrogen and oxygen atoms in total. The molecule has 1 aromatic heterocycles. The minimum Gasteiger partial charge on any atom is -0.396 e. The smallest absolute Gasteiger partial charge is 0.152 e. The second-order valence-electron chi connectivity index (χ2n) is 3.03. The molecule has 0 saturated heterocycles. The van der Waals surface area contributed by atoms with Crippen molar-refractivity contribution in [3.05, 3.63) is 30.5 Å². The van der Waals surface area contributed by atoms with Gasteiger partial charge in [-0.25, -0.2) is 4.98 Å². The fraction of sp³-hybridized carbons (Fsp3) is 0.300. The SMILES string of the molecule is C=CCN(C)c1nccc(C)c1N. The molecule has 0 unspecified atom stereocenters. The molecule has 3 heteroatoms. The molecule has 0 radical (unpaired) electrons. The minimum absolute atomic E-state index is 0.742. The van der Waals surface area contributed by atoms with Crippen LogP contribution in [-0.4, -0.2) is 18.6 Å². The highest BCUT2D eigenvalue weighted by atomic mass is 15.2. The molecule has 0 aromatic carbocycles. The van der Waals surface area contributed by atoms with Crippen LogP contribution >= 0.6 is 0 Å². The molecular weight excluding hydrogens is 162 g/mol. The lowest BCUT2D eigenvalue weighted by Gasteiger charge is -2.18. The van der Waals surface area contributed by atoms with Crippen LogP contribution < -0.4 is 10.6 Å². The van der Waals surface area contributed by atoms with Gasteiger partial charge >= 0.3 is 0 Å². The summed E-state index contributed by atoms with van der Waals surface area (Å²) in [5, 5.41) is 0. The lowest BCUT2D eigenvalue weighted by Crippen LogP contribution is -2.19. The van der Waals surface area contributed by atoms with Gasteiger partial charge in [0.2, 0.25) is 0 Å². The second-order valence-corrected chi connectivity index (χ2v) is 3.03. The fourth-order valence-corrected chi connectivity index (χ4v) is 1.14. The average Bonchev–Trinajstić information content (AvgIpc) is 2.10. The zero-order valence-corrected chi connectivity index (χ0v) is 8.12. The molecule has 0 aliphatic heterocycles. The summed E-state index contributed by atoms with van der Waals surface area (Å²) in [7, 11) is 1.94. The van der Waals surface area contributed by atoms with Crippen molar-refractivity contribution < 1.29 is 0 Å². The van der Waals surface area contributed by atoms with Crippen LogP contribution in [0.3, 0.4) is 0 Å². The molecule has 2 N–H and O–H groups in total. The van der Waals surface area contributed by atoms with E-state index in [4.69, 9.17) is 5.73 Å². The summed E-state index contributed by atoms with van der Waals surface area (Å²) in [6.45, 7) is 6.39. The van der Waals surface area contributed by atoms with Crippen molar-refractivity contribution >= 4 is 11.5 Å². The first-order valence-corrected chi connectivity index (χ1v) is 4.20. The Morgan fingerprint density at radius 3 is 3.00 bits per heavy atom. The molecule has 1 aromatic rings. The quantitative estimate of drug-likeness (QED) is 0.713. The molecule has 0 fully saturated rings. The molecule has 0 bridgehead atoms. The van der Waals surface area contributed by atoms with Gasteiger partial charge in [-0.15, -0.1) is 6.58 Å². The summed E-state index contributed by atoms with van der Waals surface area (Å²) in [5.41, 5.74) is 7.67. The van der Waals surface area contributed by atoms with Crippen LogP contribution in [0.15, 0.2) is 24.9 Å². The van der Waals surface area contributed by atoms with Gasteiger partial charge < -0.3 is 10.6 Å². The third-order valence-electron chi connectivity index (χ3n) is 1.95. The molecule has 1 rings (SSSR count). The predicted octanol–water partition coefficient (Wildman–Crippen LogP) is 1.59. The first-order valence-electron chi connectivity index (χ1n) is 4.20. The van der Waals surface area contributed by atoms with Gasteiger partial charge in [0, 0.05) is 19.8 Å². The van der Waals surface area contributed by atoms with E-state index in [2.05, 4.69) is 11.6 Å². The molecule has 13 heavy (non-hydrogen) atoms. The van der Waals surface area contributed by atoms with Gasteiger partial charge in [-0.1, -0.05) is 6.08 Å². The Hall–Kier alpha value is -1.51. The van der Waals surface area contributed by atoms with Gasteiger partial charge in [-0.05, 0) is 18.6 Å². The number of nitrogens with zero attached hydrogens (tertiary/aromatic N) is 2. The number of rotatable bonds is 3. The van der Waals surface area contributed by atoms with E-state index < -0.39 is 0 Å². The van der Waals surface area contributed by atoms with Gasteiger partial charge in [0.15, 0.2) is 5.82 Å². The third kappa shape index (κ3) is 1.99. The maximum absolute atomic E-state index is 5.88. The van der Waals surface area contributed by atoms with Crippen molar-refractivity contribution in [2.24, 2.45) is 0 Å². The molecule has 0 aliphatic carbocycles. The zero-order valence-electron chi connectivity index (χ0n) is 8.12. The van der Waals surface area contributed by atoms with Gasteiger partial charge in [-0.3, -0.25) is 0 Å². The first kappa shape index (κ1) is 9.58. The Morgan fingerprint density at radius 1 is 1.69 bits per heavy atom. The van der Waals surface area contributed by atoms with Crippen LogP contribution in [0, 0.1) is 6.92 Å². The predicted molar refractivity (Wildman–Crippen MR) is 56.9 cm³/mol. The summed E-state index contributed by atoms with van der Waals surface area (Å²) in [6.07, 6.45) is 3.59. The lowest BCUT2D eigenvalue weighted by atomic mass is 10.2. The number of aromatic nitrogens is 1. The van der Waals surface area contributed by atoms with Crippen LogP contribution in [0.2, 0.25) is 0 Å². The highest BCUT2D eigenvalue weighted by Crippen LogP contribution is 2.21. The van der Waals surface area contributed by atoms with Gasteiger partial charge in [-0.2, -0.15) is 0 Å². The first-order chi connectivity index (χ1) is 6.16. The van der Waals surface area contributed by atoms with E-state index >= 15 is 0 Å². The van der Waals surface area contributed by atoms with Crippen molar-refractivity contribution in [3.63, 3.8) is 0 Å². The van der Waals surface area contributed by atoms with Crippen molar-refractivity contribution in [1.82, 2.24) is 4.98 Å². The van der Waals surface area contributed by atoms with Gasteiger partial charge in [0.05, 0.1) is 5.69 Å². The molecule has 0 aliphatic rings. The van der Waals surface area contributed by atoms with E-state index in [0.717, 1.165) is 23.6 Å². The van der Waals surface area contributed by atoms with Crippen molar-refractivity contribution in [1.29, 1.82) is 0 Å².